The Labute approximate surface area is 146 Å². The van der Waals surface area contributed by atoms with Crippen molar-refractivity contribution in [3.05, 3.63) is 60.0 Å². The second-order valence-corrected chi connectivity index (χ2v) is 6.45. The standard InChI is InChI=1S/C20H21N3O2/c1-14(18-13-15-7-2-3-9-17(15)25-18)22-20(24)16-8-6-10-21-19(16)23-11-4-5-12-23/h2-3,6-10,13-14H,4-5,11-12H2,1H3,(H,22,24). The fraction of sp³-hybridized carbons (Fsp3) is 0.300. The van der Waals surface area contributed by atoms with Crippen molar-refractivity contribution in [2.45, 2.75) is 25.8 Å². The SMILES string of the molecule is CC(NC(=O)c1cccnc1N1CCCC1)c1cc2ccccc2o1. The van der Waals surface area contributed by atoms with Crippen LogP contribution in [0, 0.1) is 0 Å². The molecule has 0 radical (unpaired) electrons. The number of carbonyl (C=O) groups is 1. The first-order chi connectivity index (χ1) is 12.2. The fourth-order valence-electron chi connectivity index (χ4n) is 3.32. The van der Waals surface area contributed by atoms with E-state index < -0.39 is 0 Å². The lowest BCUT2D eigenvalue weighted by atomic mass is 10.2. The number of amides is 1. The van der Waals surface area contributed by atoms with Gasteiger partial charge in [-0.25, -0.2) is 4.98 Å². The van der Waals surface area contributed by atoms with Gasteiger partial charge >= 0.3 is 0 Å². The summed E-state index contributed by atoms with van der Waals surface area (Å²) in [6.45, 7) is 3.84. The average molecular weight is 335 g/mol. The highest BCUT2D eigenvalue weighted by Gasteiger charge is 2.22. The summed E-state index contributed by atoms with van der Waals surface area (Å²) in [7, 11) is 0. The molecule has 0 aliphatic carbocycles. The number of nitrogens with one attached hydrogen (secondary N) is 1. The zero-order chi connectivity index (χ0) is 17.2. The Morgan fingerprint density at radius 1 is 1.20 bits per heavy atom. The summed E-state index contributed by atoms with van der Waals surface area (Å²) < 4.78 is 5.86. The van der Waals surface area contributed by atoms with E-state index in [0.29, 0.717) is 5.56 Å². The number of anilines is 1. The van der Waals surface area contributed by atoms with E-state index >= 15 is 0 Å². The smallest absolute Gasteiger partial charge is 0.255 e. The maximum Gasteiger partial charge on any atom is 0.255 e. The summed E-state index contributed by atoms with van der Waals surface area (Å²) in [5, 5.41) is 4.08. The van der Waals surface area contributed by atoms with Crippen LogP contribution in [0.5, 0.6) is 0 Å². The van der Waals surface area contributed by atoms with E-state index in [1.165, 1.54) is 0 Å². The van der Waals surface area contributed by atoms with E-state index in [2.05, 4.69) is 15.2 Å². The topological polar surface area (TPSA) is 58.4 Å². The number of para-hydroxylation sites is 1. The van der Waals surface area contributed by atoms with Gasteiger partial charge in [0.05, 0.1) is 11.6 Å². The second kappa shape index (κ2) is 6.59. The lowest BCUT2D eigenvalue weighted by molar-refractivity contribution is 0.0936. The Morgan fingerprint density at radius 3 is 2.80 bits per heavy atom. The summed E-state index contributed by atoms with van der Waals surface area (Å²) in [5.74, 6) is 1.40. The van der Waals surface area contributed by atoms with E-state index in [-0.39, 0.29) is 11.9 Å². The number of hydrogen-bond acceptors (Lipinski definition) is 4. The summed E-state index contributed by atoms with van der Waals surface area (Å²) in [6.07, 6.45) is 4.03. The number of pyridine rings is 1. The summed E-state index contributed by atoms with van der Waals surface area (Å²) in [5.41, 5.74) is 1.45. The first kappa shape index (κ1) is 15.7. The van der Waals surface area contributed by atoms with Crippen LogP contribution in [0.15, 0.2) is 53.1 Å². The van der Waals surface area contributed by atoms with Gasteiger partial charge in [0.15, 0.2) is 0 Å². The minimum absolute atomic E-state index is 0.122. The van der Waals surface area contributed by atoms with Crippen molar-refractivity contribution in [2.75, 3.05) is 18.0 Å². The zero-order valence-electron chi connectivity index (χ0n) is 14.2. The molecule has 0 spiro atoms. The molecule has 1 saturated heterocycles. The summed E-state index contributed by atoms with van der Waals surface area (Å²) in [4.78, 5) is 19.4. The van der Waals surface area contributed by atoms with Gasteiger partial charge in [0, 0.05) is 24.7 Å². The molecule has 1 aromatic carbocycles. The van der Waals surface area contributed by atoms with Crippen LogP contribution in [0.2, 0.25) is 0 Å². The Bertz CT molecular complexity index is 864. The van der Waals surface area contributed by atoms with Crippen molar-refractivity contribution in [3.8, 4) is 0 Å². The average Bonchev–Trinajstić information content (AvgIpc) is 3.31. The van der Waals surface area contributed by atoms with Crippen LogP contribution in [0.1, 0.15) is 41.9 Å². The molecule has 2 aromatic heterocycles. The van der Waals surface area contributed by atoms with E-state index in [1.807, 2.05) is 43.3 Å². The van der Waals surface area contributed by atoms with E-state index in [0.717, 1.165) is 48.5 Å². The van der Waals surface area contributed by atoms with Crippen molar-refractivity contribution in [1.82, 2.24) is 10.3 Å². The number of benzene rings is 1. The van der Waals surface area contributed by atoms with Crippen LogP contribution in [0.25, 0.3) is 11.0 Å². The first-order valence-corrected chi connectivity index (χ1v) is 8.71. The van der Waals surface area contributed by atoms with Crippen LogP contribution in [0.4, 0.5) is 5.82 Å². The molecule has 0 bridgehead atoms. The molecule has 1 fully saturated rings. The largest absolute Gasteiger partial charge is 0.459 e. The van der Waals surface area contributed by atoms with Gasteiger partial charge in [-0.2, -0.15) is 0 Å². The van der Waals surface area contributed by atoms with Crippen LogP contribution >= 0.6 is 0 Å². The van der Waals surface area contributed by atoms with Crippen molar-refractivity contribution >= 4 is 22.7 Å². The quantitative estimate of drug-likeness (QED) is 0.785. The third-order valence-electron chi connectivity index (χ3n) is 4.66. The third-order valence-corrected chi connectivity index (χ3v) is 4.66. The molecule has 5 nitrogen and oxygen atoms in total. The third kappa shape index (κ3) is 3.09. The van der Waals surface area contributed by atoms with E-state index in [4.69, 9.17) is 4.42 Å². The Kier molecular flexibility index (Phi) is 4.14. The highest BCUT2D eigenvalue weighted by Crippen LogP contribution is 2.25. The van der Waals surface area contributed by atoms with Gasteiger partial charge in [-0.1, -0.05) is 18.2 Å². The van der Waals surface area contributed by atoms with Crippen LogP contribution in [-0.4, -0.2) is 24.0 Å². The first-order valence-electron chi connectivity index (χ1n) is 8.71. The monoisotopic (exact) mass is 335 g/mol. The maximum atomic E-state index is 12.8. The number of rotatable bonds is 4. The highest BCUT2D eigenvalue weighted by atomic mass is 16.3. The van der Waals surface area contributed by atoms with Crippen molar-refractivity contribution in [1.29, 1.82) is 0 Å². The molecule has 25 heavy (non-hydrogen) atoms. The highest BCUT2D eigenvalue weighted by molar-refractivity contribution is 5.99. The van der Waals surface area contributed by atoms with Gasteiger partial charge in [-0.3, -0.25) is 4.79 Å². The predicted octanol–water partition coefficient (Wildman–Crippen LogP) is 3.92. The van der Waals surface area contributed by atoms with E-state index in [9.17, 15) is 4.79 Å². The second-order valence-electron chi connectivity index (χ2n) is 6.45. The lowest BCUT2D eigenvalue weighted by Gasteiger charge is -2.20. The predicted molar refractivity (Wildman–Crippen MR) is 97.8 cm³/mol. The molecule has 4 rings (SSSR count). The maximum absolute atomic E-state index is 12.8. The van der Waals surface area contributed by atoms with Crippen LogP contribution in [-0.2, 0) is 0 Å². The minimum Gasteiger partial charge on any atom is -0.459 e. The van der Waals surface area contributed by atoms with Crippen LogP contribution in [0.3, 0.4) is 0 Å². The molecular weight excluding hydrogens is 314 g/mol. The van der Waals surface area contributed by atoms with Gasteiger partial charge in [0.1, 0.15) is 17.2 Å². The van der Waals surface area contributed by atoms with E-state index in [1.54, 1.807) is 12.3 Å². The molecule has 1 aliphatic rings. The molecule has 1 atom stereocenters. The number of nitrogens with zero attached hydrogens (tertiary/aromatic N) is 2. The fourth-order valence-corrected chi connectivity index (χ4v) is 3.32. The molecule has 3 aromatic rings. The Hall–Kier alpha value is -2.82. The molecule has 1 unspecified atom stereocenters. The normalized spacial score (nSPS) is 15.5. The Balaban J connectivity index is 1.55. The van der Waals surface area contributed by atoms with Crippen molar-refractivity contribution < 1.29 is 9.21 Å². The lowest BCUT2D eigenvalue weighted by Crippen LogP contribution is -2.29. The van der Waals surface area contributed by atoms with Gasteiger partial charge in [-0.15, -0.1) is 0 Å². The molecular formula is C20H21N3O2. The van der Waals surface area contributed by atoms with Crippen molar-refractivity contribution in [2.24, 2.45) is 0 Å². The number of aromatic nitrogens is 1. The van der Waals surface area contributed by atoms with Gasteiger partial charge in [0.2, 0.25) is 0 Å². The molecule has 5 heteroatoms. The van der Waals surface area contributed by atoms with Gasteiger partial charge in [0.25, 0.3) is 5.91 Å². The number of hydrogen-bond donors (Lipinski definition) is 1. The van der Waals surface area contributed by atoms with Gasteiger partial charge in [-0.05, 0) is 44.0 Å². The molecule has 1 amide bonds. The van der Waals surface area contributed by atoms with Crippen LogP contribution < -0.4 is 10.2 Å². The summed E-state index contributed by atoms with van der Waals surface area (Å²) in [6, 6.07) is 13.3. The molecule has 128 valence electrons. The van der Waals surface area contributed by atoms with Crippen molar-refractivity contribution in [3.63, 3.8) is 0 Å². The van der Waals surface area contributed by atoms with Gasteiger partial charge < -0.3 is 14.6 Å². The number of carbonyl (C=O) groups excluding carboxylic acids is 1. The summed E-state index contributed by atoms with van der Waals surface area (Å²) >= 11 is 0. The molecule has 0 saturated carbocycles. The minimum atomic E-state index is -0.216. The number of fused-ring (bicyclic) bond motifs is 1. The zero-order valence-corrected chi connectivity index (χ0v) is 14.2. The molecule has 3 heterocycles. The number of furan rings is 1. The molecule has 1 aliphatic heterocycles. The molecule has 1 N–H and O–H groups in total. The Morgan fingerprint density at radius 2 is 2.00 bits per heavy atom.